The summed E-state index contributed by atoms with van der Waals surface area (Å²) in [6.45, 7) is 9.83. The van der Waals surface area contributed by atoms with Crippen LogP contribution >= 0.6 is 15.8 Å². The Labute approximate surface area is 272 Å². The molecule has 0 amide bonds. The molecule has 2 aliphatic heterocycles. The number of nitrogens with one attached hydrogen (secondary N) is 2. The first-order chi connectivity index (χ1) is 21.2. The van der Waals surface area contributed by atoms with Gasteiger partial charge in [0.25, 0.3) is 0 Å². The van der Waals surface area contributed by atoms with E-state index in [1.165, 1.54) is 51.1 Å². The predicted molar refractivity (Wildman–Crippen MR) is 190 cm³/mol. The molecule has 8 bridgehead atoms. The lowest BCUT2D eigenvalue weighted by molar-refractivity contribution is 0.0184. The van der Waals surface area contributed by atoms with Gasteiger partial charge in [0, 0.05) is 11.6 Å². The van der Waals surface area contributed by atoms with E-state index in [-0.39, 0.29) is 21.3 Å². The van der Waals surface area contributed by atoms with E-state index in [1.54, 1.807) is 88.2 Å². The second-order valence-electron chi connectivity index (χ2n) is 19.0. The van der Waals surface area contributed by atoms with Crippen LogP contribution in [0.5, 0.6) is 0 Å². The molecule has 2 heterocycles. The number of rotatable bonds is 8. The number of hydrogen-bond donors (Lipinski definition) is 2. The van der Waals surface area contributed by atoms with Gasteiger partial charge in [-0.05, 0) is 196 Å². The highest BCUT2D eigenvalue weighted by molar-refractivity contribution is 7.60. The van der Waals surface area contributed by atoms with Crippen molar-refractivity contribution in [1.29, 1.82) is 0 Å². The maximum Gasteiger partial charge on any atom is 0.0286 e. The second-order valence-corrected chi connectivity index (χ2v) is 24.7. The molecule has 2 atom stereocenters. The highest BCUT2D eigenvalue weighted by Gasteiger charge is 2.62. The van der Waals surface area contributed by atoms with Gasteiger partial charge in [-0.15, -0.1) is 0 Å². The third-order valence-corrected chi connectivity index (χ3v) is 22.0. The van der Waals surface area contributed by atoms with Crippen LogP contribution in [0, 0.1) is 35.5 Å². The Morgan fingerprint density at radius 3 is 1.48 bits per heavy atom. The first-order valence-electron chi connectivity index (χ1n) is 19.4. The van der Waals surface area contributed by atoms with Crippen LogP contribution in [0.2, 0.25) is 0 Å². The van der Waals surface area contributed by atoms with E-state index in [9.17, 15) is 0 Å². The molecule has 4 heteroatoms. The van der Waals surface area contributed by atoms with Crippen molar-refractivity contribution in [2.45, 2.75) is 163 Å². The van der Waals surface area contributed by atoms with Crippen molar-refractivity contribution in [3.63, 3.8) is 0 Å². The highest BCUT2D eigenvalue weighted by atomic mass is 31.1. The maximum absolute atomic E-state index is 4.03. The normalized spacial score (nSPS) is 45.3. The Kier molecular flexibility index (Phi) is 7.71. The lowest BCUT2D eigenvalue weighted by Crippen LogP contribution is -2.56. The summed E-state index contributed by atoms with van der Waals surface area (Å²) in [4.78, 5) is 0. The van der Waals surface area contributed by atoms with Crippen molar-refractivity contribution in [1.82, 2.24) is 10.6 Å². The van der Waals surface area contributed by atoms with Gasteiger partial charge in [-0.3, -0.25) is 0 Å². The first-order valence-corrected chi connectivity index (χ1v) is 22.6. The smallest absolute Gasteiger partial charge is 0.0286 e. The van der Waals surface area contributed by atoms with Gasteiger partial charge in [0.05, 0.1) is 0 Å². The largest absolute Gasteiger partial charge is 0.310 e. The molecule has 8 saturated carbocycles. The molecule has 242 valence electrons. The fourth-order valence-corrected chi connectivity index (χ4v) is 22.2. The molecular weight excluding hydrogens is 570 g/mol. The summed E-state index contributed by atoms with van der Waals surface area (Å²) in [5, 5.41) is 9.51. The third kappa shape index (κ3) is 5.34. The van der Waals surface area contributed by atoms with Crippen molar-refractivity contribution < 1.29 is 0 Å². The Morgan fingerprint density at radius 1 is 0.636 bits per heavy atom. The van der Waals surface area contributed by atoms with Crippen LogP contribution < -0.4 is 10.6 Å². The van der Waals surface area contributed by atoms with Gasteiger partial charge in [-0.25, -0.2) is 0 Å². The minimum absolute atomic E-state index is 0.00857. The van der Waals surface area contributed by atoms with E-state index < -0.39 is 0 Å². The topological polar surface area (TPSA) is 24.1 Å². The van der Waals surface area contributed by atoms with E-state index in [0.717, 1.165) is 57.4 Å². The van der Waals surface area contributed by atoms with Crippen LogP contribution in [0.15, 0.2) is 18.2 Å². The SMILES string of the molecule is CC(C)(C)c1ccc(CP(C23CC4CC(CC(C4)C2)C3)C23CC4CC(CC(C4)C2)C3)c(CP(C2CCCN2)C2CCCN2)c1. The summed E-state index contributed by atoms with van der Waals surface area (Å²) in [5.74, 6) is 8.01. The van der Waals surface area contributed by atoms with E-state index in [0.29, 0.717) is 0 Å². The van der Waals surface area contributed by atoms with Gasteiger partial charge in [-0.1, -0.05) is 54.8 Å². The summed E-state index contributed by atoms with van der Waals surface area (Å²) in [7, 11) is -0.106. The van der Waals surface area contributed by atoms with Crippen LogP contribution in [-0.4, -0.2) is 35.0 Å². The molecule has 44 heavy (non-hydrogen) atoms. The Morgan fingerprint density at radius 2 is 1.09 bits per heavy atom. The molecule has 11 rings (SSSR count). The minimum Gasteiger partial charge on any atom is -0.310 e. The summed E-state index contributed by atoms with van der Waals surface area (Å²) in [6.07, 6.45) is 27.8. The van der Waals surface area contributed by atoms with Crippen molar-refractivity contribution in [3.05, 3.63) is 34.9 Å². The molecule has 8 aliphatic carbocycles. The number of benzene rings is 1. The molecular formula is C40H62N2P2. The molecule has 1 aromatic carbocycles. The van der Waals surface area contributed by atoms with Crippen LogP contribution in [-0.2, 0) is 17.7 Å². The monoisotopic (exact) mass is 632 g/mol. The minimum atomic E-state index is -0.0977. The van der Waals surface area contributed by atoms with Gasteiger partial charge >= 0.3 is 0 Å². The first kappa shape index (κ1) is 30.1. The van der Waals surface area contributed by atoms with Gasteiger partial charge in [0.15, 0.2) is 0 Å². The molecule has 1 aromatic rings. The van der Waals surface area contributed by atoms with Crippen molar-refractivity contribution in [2.24, 2.45) is 35.5 Å². The third-order valence-electron chi connectivity index (χ3n) is 14.8. The van der Waals surface area contributed by atoms with Crippen LogP contribution in [0.4, 0.5) is 0 Å². The molecule has 10 fully saturated rings. The average Bonchev–Trinajstić information content (AvgIpc) is 3.68. The van der Waals surface area contributed by atoms with E-state index in [4.69, 9.17) is 0 Å². The maximum atomic E-state index is 4.03. The zero-order valence-electron chi connectivity index (χ0n) is 28.4. The Hall–Kier alpha value is -0.0000000000000000555. The van der Waals surface area contributed by atoms with Gasteiger partial charge in [0.1, 0.15) is 0 Å². The molecule has 2 unspecified atom stereocenters. The lowest BCUT2D eigenvalue weighted by atomic mass is 9.55. The van der Waals surface area contributed by atoms with Crippen LogP contribution in [0.1, 0.15) is 140 Å². The van der Waals surface area contributed by atoms with Crippen LogP contribution in [0.25, 0.3) is 0 Å². The zero-order chi connectivity index (χ0) is 29.7. The molecule has 2 saturated heterocycles. The van der Waals surface area contributed by atoms with Gasteiger partial charge in [-0.2, -0.15) is 0 Å². The fraction of sp³-hybridized carbons (Fsp3) is 0.850. The average molecular weight is 633 g/mol. The zero-order valence-corrected chi connectivity index (χ0v) is 30.2. The summed E-state index contributed by atoms with van der Waals surface area (Å²) >= 11 is 0. The second kappa shape index (κ2) is 11.3. The Balaban J connectivity index is 1.12. The van der Waals surface area contributed by atoms with E-state index in [2.05, 4.69) is 49.6 Å². The molecule has 0 spiro atoms. The molecule has 0 radical (unpaired) electrons. The highest BCUT2D eigenvalue weighted by Crippen LogP contribution is 2.79. The molecule has 10 aliphatic rings. The van der Waals surface area contributed by atoms with Crippen molar-refractivity contribution in [3.8, 4) is 0 Å². The predicted octanol–water partition coefficient (Wildman–Crippen LogP) is 10.3. The summed E-state index contributed by atoms with van der Waals surface area (Å²) < 4.78 is 0. The van der Waals surface area contributed by atoms with Crippen molar-refractivity contribution in [2.75, 3.05) is 13.1 Å². The van der Waals surface area contributed by atoms with Crippen LogP contribution in [0.3, 0.4) is 0 Å². The molecule has 0 aromatic heterocycles. The fourth-order valence-electron chi connectivity index (χ4n) is 13.7. The number of hydrogen-bond acceptors (Lipinski definition) is 2. The summed E-state index contributed by atoms with van der Waals surface area (Å²) in [5.41, 5.74) is 5.43. The van der Waals surface area contributed by atoms with E-state index >= 15 is 0 Å². The van der Waals surface area contributed by atoms with E-state index in [1.807, 2.05) is 5.56 Å². The standard InChI is InChI=1S/C40H62N2P2/c1-38(2,3)35-9-8-33(34(18-35)25-43(36-6-4-10-41-36)37-7-5-11-42-37)26-44(39-19-27-12-28(20-39)14-29(13-27)21-39)40-22-30-15-31(23-40)17-32(16-30)24-40/h8-9,18,27-32,36-37,41-42H,4-7,10-17,19-26H2,1-3H3. The quantitative estimate of drug-likeness (QED) is 0.279. The van der Waals surface area contributed by atoms with Gasteiger partial charge in [0.2, 0.25) is 0 Å². The Bertz CT molecular complexity index is 1090. The van der Waals surface area contributed by atoms with Crippen molar-refractivity contribution >= 4 is 15.8 Å². The lowest BCUT2D eigenvalue weighted by Gasteiger charge is -2.67. The van der Waals surface area contributed by atoms with Gasteiger partial charge < -0.3 is 10.6 Å². The molecule has 2 N–H and O–H groups in total. The molecule has 2 nitrogen and oxygen atoms in total. The summed E-state index contributed by atoms with van der Waals surface area (Å²) in [6, 6.07) is 8.08.